The molecule has 1 aromatic heterocycles. The summed E-state index contributed by atoms with van der Waals surface area (Å²) in [6.07, 6.45) is 3.63. The van der Waals surface area contributed by atoms with E-state index in [2.05, 4.69) is 32.4 Å². The molecule has 0 spiro atoms. The van der Waals surface area contributed by atoms with Gasteiger partial charge in [0, 0.05) is 37.1 Å². The number of nitrogens with zero attached hydrogens (tertiary/aromatic N) is 4. The molecular weight excluding hydrogens is 428 g/mol. The zero-order valence-corrected chi connectivity index (χ0v) is 18.9. The molecule has 7 nitrogen and oxygen atoms in total. The van der Waals surface area contributed by atoms with Crippen LogP contribution in [0.4, 0.5) is 26.1 Å². The zero-order chi connectivity index (χ0) is 23.2. The van der Waals surface area contributed by atoms with Gasteiger partial charge in [-0.1, -0.05) is 0 Å². The number of benzene rings is 2. The first-order chi connectivity index (χ1) is 16.0. The van der Waals surface area contributed by atoms with Crippen LogP contribution in [0.3, 0.4) is 0 Å². The van der Waals surface area contributed by atoms with Gasteiger partial charge in [-0.2, -0.15) is 4.98 Å². The Bertz CT molecular complexity index is 1050. The van der Waals surface area contributed by atoms with Crippen LogP contribution in [0, 0.1) is 18.6 Å². The van der Waals surface area contributed by atoms with Crippen LogP contribution in [0.2, 0.25) is 0 Å². The van der Waals surface area contributed by atoms with Gasteiger partial charge in [-0.3, -0.25) is 0 Å². The van der Waals surface area contributed by atoms with Crippen LogP contribution in [-0.4, -0.2) is 53.8 Å². The van der Waals surface area contributed by atoms with E-state index in [1.165, 1.54) is 23.1 Å². The Morgan fingerprint density at radius 2 is 1.76 bits per heavy atom. The fourth-order valence-electron chi connectivity index (χ4n) is 3.96. The van der Waals surface area contributed by atoms with Gasteiger partial charge in [0.15, 0.2) is 0 Å². The number of aromatic nitrogens is 3. The van der Waals surface area contributed by atoms with E-state index in [0.717, 1.165) is 48.9 Å². The van der Waals surface area contributed by atoms with E-state index in [4.69, 9.17) is 9.47 Å². The summed E-state index contributed by atoms with van der Waals surface area (Å²) in [4.78, 5) is 6.58. The lowest BCUT2D eigenvalue weighted by molar-refractivity contribution is -0.00230. The first-order valence-corrected chi connectivity index (χ1v) is 11.2. The molecule has 0 aliphatic carbocycles. The fraction of sp³-hybridized carbons (Fsp3) is 0.417. The van der Waals surface area contributed by atoms with Gasteiger partial charge < -0.3 is 19.7 Å². The van der Waals surface area contributed by atoms with Crippen molar-refractivity contribution in [2.24, 2.45) is 0 Å². The topological polar surface area (TPSA) is 64.4 Å². The molecule has 1 aliphatic rings. The number of halogens is 2. The third kappa shape index (κ3) is 6.27. The number of anilines is 3. The van der Waals surface area contributed by atoms with E-state index in [-0.39, 0.29) is 11.8 Å². The molecule has 0 bridgehead atoms. The smallest absolute Gasteiger partial charge is 0.246 e. The van der Waals surface area contributed by atoms with Gasteiger partial charge in [0.05, 0.1) is 25.0 Å². The molecule has 9 heteroatoms. The lowest BCUT2D eigenvalue weighted by atomic mass is 10.1. The van der Waals surface area contributed by atoms with Crippen molar-refractivity contribution in [2.75, 3.05) is 43.1 Å². The fourth-order valence-corrected chi connectivity index (χ4v) is 3.96. The molecule has 2 aromatic carbocycles. The van der Waals surface area contributed by atoms with Gasteiger partial charge in [-0.25, -0.2) is 13.5 Å². The van der Waals surface area contributed by atoms with Crippen LogP contribution in [-0.2, 0) is 9.47 Å². The van der Waals surface area contributed by atoms with E-state index in [0.29, 0.717) is 25.8 Å². The van der Waals surface area contributed by atoms with Crippen molar-refractivity contribution < 1.29 is 18.3 Å². The van der Waals surface area contributed by atoms with Crippen molar-refractivity contribution in [1.29, 1.82) is 0 Å². The van der Waals surface area contributed by atoms with E-state index < -0.39 is 11.6 Å². The number of aryl methyl sites for hydroxylation is 1. The lowest BCUT2D eigenvalue weighted by Crippen LogP contribution is -2.37. The molecular formula is C24H29F2N5O2. The van der Waals surface area contributed by atoms with Gasteiger partial charge in [0.1, 0.15) is 18.0 Å². The number of hydrogen-bond donors (Lipinski definition) is 1. The largest absolute Gasteiger partial charge is 0.379 e. The molecule has 2 heterocycles. The first kappa shape index (κ1) is 23.1. The molecule has 4 rings (SSSR count). The minimum atomic E-state index is -0.665. The minimum absolute atomic E-state index is 0.268. The third-order valence-corrected chi connectivity index (χ3v) is 5.51. The van der Waals surface area contributed by atoms with Crippen molar-refractivity contribution in [3.63, 3.8) is 0 Å². The van der Waals surface area contributed by atoms with Crippen molar-refractivity contribution in [3.05, 3.63) is 59.9 Å². The Hall–Kier alpha value is -3.04. The SMILES string of the molecule is CCOCCOC1CCN(c2cc(C)cc(Nc3ncn(-c4cc(F)cc(F)c4)n3)c2)CC1. The summed E-state index contributed by atoms with van der Waals surface area (Å²) in [7, 11) is 0. The summed E-state index contributed by atoms with van der Waals surface area (Å²) in [5, 5.41) is 7.50. The second-order valence-electron chi connectivity index (χ2n) is 8.08. The average Bonchev–Trinajstić information content (AvgIpc) is 3.25. The number of rotatable bonds is 9. The normalized spacial score (nSPS) is 14.6. The van der Waals surface area contributed by atoms with Crippen LogP contribution >= 0.6 is 0 Å². The molecule has 0 amide bonds. The molecule has 0 atom stereocenters. The second-order valence-corrected chi connectivity index (χ2v) is 8.08. The summed E-state index contributed by atoms with van der Waals surface area (Å²) in [5.74, 6) is -0.985. The van der Waals surface area contributed by atoms with Gasteiger partial charge in [0.25, 0.3) is 0 Å². The summed E-state index contributed by atoms with van der Waals surface area (Å²) < 4.78 is 39.6. The molecule has 1 fully saturated rings. The predicted octanol–water partition coefficient (Wildman–Crippen LogP) is 4.62. The number of piperidine rings is 1. The molecule has 176 valence electrons. The predicted molar refractivity (Wildman–Crippen MR) is 123 cm³/mol. The molecule has 33 heavy (non-hydrogen) atoms. The Kier molecular flexibility index (Phi) is 7.51. The summed E-state index contributed by atoms with van der Waals surface area (Å²) in [5.41, 5.74) is 3.35. The monoisotopic (exact) mass is 457 g/mol. The Morgan fingerprint density at radius 1 is 1.00 bits per heavy atom. The number of nitrogens with one attached hydrogen (secondary N) is 1. The van der Waals surface area contributed by atoms with Crippen LogP contribution in [0.25, 0.3) is 5.69 Å². The Balaban J connectivity index is 1.39. The summed E-state index contributed by atoms with van der Waals surface area (Å²) in [6, 6.07) is 9.46. The van der Waals surface area contributed by atoms with Crippen LogP contribution in [0.1, 0.15) is 25.3 Å². The van der Waals surface area contributed by atoms with Gasteiger partial charge in [-0.05, 0) is 62.6 Å². The lowest BCUT2D eigenvalue weighted by Gasteiger charge is -2.34. The highest BCUT2D eigenvalue weighted by Gasteiger charge is 2.20. The Morgan fingerprint density at radius 3 is 2.48 bits per heavy atom. The number of ether oxygens (including phenoxy) is 2. The minimum Gasteiger partial charge on any atom is -0.379 e. The summed E-state index contributed by atoms with van der Waals surface area (Å²) in [6.45, 7) is 7.85. The maximum absolute atomic E-state index is 13.5. The van der Waals surface area contributed by atoms with Crippen LogP contribution in [0.15, 0.2) is 42.7 Å². The summed E-state index contributed by atoms with van der Waals surface area (Å²) >= 11 is 0. The molecule has 1 aliphatic heterocycles. The molecule has 0 saturated carbocycles. The molecule has 1 saturated heterocycles. The third-order valence-electron chi connectivity index (χ3n) is 5.51. The Labute approximate surface area is 192 Å². The standard InChI is InChI=1S/C24H29F2N5O2/c1-3-32-8-9-33-23-4-6-30(7-5-23)21-11-17(2)10-20(15-21)28-24-27-16-31(29-24)22-13-18(25)12-19(26)14-22/h10-16,23H,3-9H2,1-2H3,(H,28,29). The van der Waals surface area contributed by atoms with E-state index in [1.807, 2.05) is 19.9 Å². The molecule has 0 unspecified atom stereocenters. The average molecular weight is 458 g/mol. The van der Waals surface area contributed by atoms with Crippen LogP contribution < -0.4 is 10.2 Å². The van der Waals surface area contributed by atoms with Crippen molar-refractivity contribution >= 4 is 17.3 Å². The van der Waals surface area contributed by atoms with E-state index >= 15 is 0 Å². The second kappa shape index (κ2) is 10.7. The highest BCUT2D eigenvalue weighted by atomic mass is 19.1. The first-order valence-electron chi connectivity index (χ1n) is 11.2. The molecule has 0 radical (unpaired) electrons. The molecule has 3 aromatic rings. The maximum Gasteiger partial charge on any atom is 0.246 e. The highest BCUT2D eigenvalue weighted by Crippen LogP contribution is 2.27. The molecule has 1 N–H and O–H groups in total. The number of hydrogen-bond acceptors (Lipinski definition) is 6. The van der Waals surface area contributed by atoms with Crippen molar-refractivity contribution in [1.82, 2.24) is 14.8 Å². The van der Waals surface area contributed by atoms with Crippen molar-refractivity contribution in [3.8, 4) is 5.69 Å². The maximum atomic E-state index is 13.5. The van der Waals surface area contributed by atoms with E-state index in [9.17, 15) is 8.78 Å². The van der Waals surface area contributed by atoms with Gasteiger partial charge >= 0.3 is 0 Å². The highest BCUT2D eigenvalue weighted by molar-refractivity contribution is 5.64. The van der Waals surface area contributed by atoms with Crippen LogP contribution in [0.5, 0.6) is 0 Å². The van der Waals surface area contributed by atoms with Gasteiger partial charge in [-0.15, -0.1) is 5.10 Å². The van der Waals surface area contributed by atoms with Crippen molar-refractivity contribution in [2.45, 2.75) is 32.8 Å². The zero-order valence-electron chi connectivity index (χ0n) is 18.9. The van der Waals surface area contributed by atoms with Gasteiger partial charge in [0.2, 0.25) is 5.95 Å². The van der Waals surface area contributed by atoms with E-state index in [1.54, 1.807) is 0 Å². The quantitative estimate of drug-likeness (QED) is 0.473.